The summed E-state index contributed by atoms with van der Waals surface area (Å²) < 4.78 is 0. The minimum atomic E-state index is -0.759. The van der Waals surface area contributed by atoms with E-state index >= 15 is 0 Å². The third kappa shape index (κ3) is 4.21. The number of pyridine rings is 1. The molecule has 2 aromatic carbocycles. The molecular weight excluding hydrogens is 376 g/mol. The number of hydrogen-bond acceptors (Lipinski definition) is 7. The number of nitrogens with zero attached hydrogens (tertiary/aromatic N) is 2. The van der Waals surface area contributed by atoms with E-state index < -0.39 is 26.9 Å². The van der Waals surface area contributed by atoms with Gasteiger partial charge in [-0.1, -0.05) is 35.4 Å². The molecule has 0 saturated carbocycles. The highest BCUT2D eigenvalue weighted by molar-refractivity contribution is 5.85. The van der Waals surface area contributed by atoms with Gasteiger partial charge < -0.3 is 5.73 Å². The van der Waals surface area contributed by atoms with Gasteiger partial charge in [0.05, 0.1) is 21.2 Å². The van der Waals surface area contributed by atoms with Crippen LogP contribution in [0.15, 0.2) is 48.5 Å². The number of aromatic nitrogens is 1. The van der Waals surface area contributed by atoms with Crippen LogP contribution >= 0.6 is 0 Å². The van der Waals surface area contributed by atoms with Crippen LogP contribution in [0.3, 0.4) is 0 Å². The van der Waals surface area contributed by atoms with Crippen molar-refractivity contribution in [1.29, 1.82) is 0 Å². The smallest absolute Gasteiger partial charge is 0.371 e. The number of hydrogen-bond donors (Lipinski definition) is 3. The first kappa shape index (κ1) is 19.5. The minimum Gasteiger partial charge on any atom is -0.387 e. The van der Waals surface area contributed by atoms with Crippen LogP contribution in [-0.4, -0.2) is 9.85 Å². The number of aromatic amines is 1. The molecule has 0 atom stereocenters. The van der Waals surface area contributed by atoms with Crippen LogP contribution in [0.2, 0.25) is 0 Å². The molecule has 3 rings (SSSR count). The molecule has 0 aliphatic rings. The van der Waals surface area contributed by atoms with Gasteiger partial charge in [-0.2, -0.15) is 0 Å². The van der Waals surface area contributed by atoms with Gasteiger partial charge in [-0.05, 0) is 38.1 Å². The quantitative estimate of drug-likeness (QED) is 0.421. The Morgan fingerprint density at radius 3 is 1.41 bits per heavy atom. The summed E-state index contributed by atoms with van der Waals surface area (Å²) in [6.45, 7) is 3.82. The monoisotopic (exact) mass is 395 g/mol. The van der Waals surface area contributed by atoms with Gasteiger partial charge in [0.1, 0.15) is 0 Å². The minimum absolute atomic E-state index is 0.0726. The topological polar surface area (TPSA) is 150 Å². The highest BCUT2D eigenvalue weighted by Gasteiger charge is 2.36. The van der Waals surface area contributed by atoms with Crippen molar-refractivity contribution in [2.75, 3.05) is 16.4 Å². The van der Waals surface area contributed by atoms with Crippen LogP contribution in [0.4, 0.5) is 40.1 Å². The second-order valence-electron chi connectivity index (χ2n) is 6.48. The standard InChI is InChI=1S/C19H18N6O4/c1-11-3-7-13(8-4-11)21-18-16(24(26)27)15(20)17(25(28)29)19(23-18)22-14-9-5-12(2)6-10-14/h3-10H,1-2H3,(H4,20,21,22,23)/p+1. The summed E-state index contributed by atoms with van der Waals surface area (Å²) in [6, 6.07) is 14.2. The number of aryl methyl sites for hydroxylation is 2. The van der Waals surface area contributed by atoms with Crippen molar-refractivity contribution >= 4 is 40.1 Å². The lowest BCUT2D eigenvalue weighted by Crippen LogP contribution is -2.21. The lowest BCUT2D eigenvalue weighted by molar-refractivity contribution is -0.421. The Morgan fingerprint density at radius 2 is 1.10 bits per heavy atom. The first-order valence-electron chi connectivity index (χ1n) is 8.61. The summed E-state index contributed by atoms with van der Waals surface area (Å²) in [4.78, 5) is 24.4. The summed E-state index contributed by atoms with van der Waals surface area (Å²) in [5, 5.41) is 28.9. The average Bonchev–Trinajstić information content (AvgIpc) is 2.64. The number of nitrogens with one attached hydrogen (secondary N) is 3. The lowest BCUT2D eigenvalue weighted by Gasteiger charge is -2.09. The molecule has 148 valence electrons. The second-order valence-corrected chi connectivity index (χ2v) is 6.48. The molecule has 29 heavy (non-hydrogen) atoms. The molecular formula is C19H19N6O4+. The van der Waals surface area contributed by atoms with E-state index in [2.05, 4.69) is 15.6 Å². The molecule has 0 radical (unpaired) electrons. The van der Waals surface area contributed by atoms with E-state index in [-0.39, 0.29) is 11.6 Å². The Hall–Kier alpha value is -4.21. The number of H-pyrrole nitrogens is 1. The van der Waals surface area contributed by atoms with Crippen LogP contribution in [-0.2, 0) is 0 Å². The normalized spacial score (nSPS) is 10.4. The molecule has 0 spiro atoms. The molecule has 0 unspecified atom stereocenters. The Kier molecular flexibility index (Phi) is 5.26. The Balaban J connectivity index is 2.14. The van der Waals surface area contributed by atoms with Gasteiger partial charge in [-0.15, -0.1) is 0 Å². The molecule has 0 aliphatic heterocycles. The largest absolute Gasteiger partial charge is 0.387 e. The van der Waals surface area contributed by atoms with E-state index in [9.17, 15) is 20.2 Å². The van der Waals surface area contributed by atoms with E-state index in [1.807, 2.05) is 38.1 Å². The zero-order valence-electron chi connectivity index (χ0n) is 15.7. The van der Waals surface area contributed by atoms with Gasteiger partial charge in [0.15, 0.2) is 0 Å². The zero-order chi connectivity index (χ0) is 21.1. The van der Waals surface area contributed by atoms with Crippen LogP contribution in [0.1, 0.15) is 11.1 Å². The predicted molar refractivity (Wildman–Crippen MR) is 110 cm³/mol. The second kappa shape index (κ2) is 7.80. The number of nitro groups is 2. The molecule has 0 amide bonds. The van der Waals surface area contributed by atoms with Gasteiger partial charge in [-0.3, -0.25) is 30.9 Å². The number of nitrogen functional groups attached to an aromatic ring is 1. The van der Waals surface area contributed by atoms with Gasteiger partial charge in [-0.25, -0.2) is 4.98 Å². The van der Waals surface area contributed by atoms with Crippen LogP contribution in [0.25, 0.3) is 0 Å². The fourth-order valence-electron chi connectivity index (χ4n) is 2.75. The number of anilines is 5. The number of rotatable bonds is 6. The summed E-state index contributed by atoms with van der Waals surface area (Å²) in [6.07, 6.45) is 0. The van der Waals surface area contributed by atoms with Gasteiger partial charge in [0.25, 0.3) is 0 Å². The lowest BCUT2D eigenvalue weighted by atomic mass is 10.2. The predicted octanol–water partition coefficient (Wildman–Crippen LogP) is 4.00. The van der Waals surface area contributed by atoms with E-state index in [4.69, 9.17) is 5.73 Å². The summed E-state index contributed by atoms with van der Waals surface area (Å²) in [5.41, 5.74) is 7.24. The molecule has 10 heteroatoms. The average molecular weight is 395 g/mol. The SMILES string of the molecule is Cc1ccc(Nc2[nH+]c(Nc3ccc(C)cc3)c([N+](=O)[O-])c(N)c2[N+](=O)[O-])cc1. The maximum absolute atomic E-state index is 11.6. The molecule has 0 bridgehead atoms. The third-order valence-corrected chi connectivity index (χ3v) is 4.24. The van der Waals surface area contributed by atoms with Crippen molar-refractivity contribution in [3.63, 3.8) is 0 Å². The highest BCUT2D eigenvalue weighted by Crippen LogP contribution is 2.40. The zero-order valence-corrected chi connectivity index (χ0v) is 15.7. The maximum atomic E-state index is 11.6. The van der Waals surface area contributed by atoms with Crippen molar-refractivity contribution < 1.29 is 14.8 Å². The van der Waals surface area contributed by atoms with Crippen LogP contribution in [0.5, 0.6) is 0 Å². The van der Waals surface area contributed by atoms with Crippen LogP contribution < -0.4 is 21.4 Å². The molecule has 0 saturated heterocycles. The third-order valence-electron chi connectivity index (χ3n) is 4.24. The molecule has 3 aromatic rings. The van der Waals surface area contributed by atoms with Crippen molar-refractivity contribution in [1.82, 2.24) is 0 Å². The fourth-order valence-corrected chi connectivity index (χ4v) is 2.75. The van der Waals surface area contributed by atoms with Gasteiger partial charge in [0.2, 0.25) is 5.69 Å². The van der Waals surface area contributed by atoms with Crippen molar-refractivity contribution in [3.8, 4) is 0 Å². The summed E-state index contributed by atoms with van der Waals surface area (Å²) in [5.74, 6) is -0.145. The molecule has 10 nitrogen and oxygen atoms in total. The number of benzene rings is 2. The van der Waals surface area contributed by atoms with E-state index in [0.29, 0.717) is 11.4 Å². The Labute approximate surface area is 165 Å². The number of nitrogens with two attached hydrogens (primary N) is 1. The van der Waals surface area contributed by atoms with Crippen LogP contribution in [0, 0.1) is 34.1 Å². The summed E-state index contributed by atoms with van der Waals surface area (Å²) in [7, 11) is 0. The van der Waals surface area contributed by atoms with E-state index in [1.54, 1.807) is 24.3 Å². The first-order chi connectivity index (χ1) is 13.8. The van der Waals surface area contributed by atoms with E-state index in [1.165, 1.54) is 0 Å². The van der Waals surface area contributed by atoms with Crippen molar-refractivity contribution in [2.45, 2.75) is 13.8 Å². The van der Waals surface area contributed by atoms with Crippen molar-refractivity contribution in [2.24, 2.45) is 0 Å². The molecule has 0 fully saturated rings. The van der Waals surface area contributed by atoms with Gasteiger partial charge >= 0.3 is 23.0 Å². The molecule has 0 aliphatic carbocycles. The van der Waals surface area contributed by atoms with Gasteiger partial charge in [0, 0.05) is 0 Å². The molecule has 1 aromatic heterocycles. The fraction of sp³-hybridized carbons (Fsp3) is 0.105. The summed E-state index contributed by atoms with van der Waals surface area (Å²) >= 11 is 0. The first-order valence-corrected chi connectivity index (χ1v) is 8.61. The van der Waals surface area contributed by atoms with Crippen molar-refractivity contribution in [3.05, 3.63) is 79.9 Å². The highest BCUT2D eigenvalue weighted by atomic mass is 16.6. The molecule has 1 heterocycles. The Bertz CT molecular complexity index is 998. The maximum Gasteiger partial charge on any atom is 0.371 e. The Morgan fingerprint density at radius 1 is 0.759 bits per heavy atom. The van der Waals surface area contributed by atoms with E-state index in [0.717, 1.165) is 11.1 Å². The molecule has 5 N–H and O–H groups in total.